The van der Waals surface area contributed by atoms with Crippen LogP contribution in [-0.4, -0.2) is 9.97 Å². The predicted octanol–water partition coefficient (Wildman–Crippen LogP) is 12.9. The van der Waals surface area contributed by atoms with Gasteiger partial charge >= 0.3 is 0 Å². The van der Waals surface area contributed by atoms with E-state index in [9.17, 15) is 0 Å². The topological polar surface area (TPSA) is 25.8 Å². The van der Waals surface area contributed by atoms with Crippen molar-refractivity contribution in [2.45, 2.75) is 19.3 Å². The number of aromatic nitrogens is 2. The normalized spacial score (nSPS) is 13.1. The van der Waals surface area contributed by atoms with Gasteiger partial charge in [0.1, 0.15) is 0 Å². The van der Waals surface area contributed by atoms with Gasteiger partial charge < -0.3 is 0 Å². The summed E-state index contributed by atoms with van der Waals surface area (Å²) in [5.41, 5.74) is 15.9. The third-order valence-corrected chi connectivity index (χ3v) is 10.9. The van der Waals surface area contributed by atoms with Gasteiger partial charge in [0.15, 0.2) is 0 Å². The van der Waals surface area contributed by atoms with E-state index in [0.717, 1.165) is 44.3 Å². The van der Waals surface area contributed by atoms with Crippen LogP contribution < -0.4 is 0 Å². The number of fused-ring (bicyclic) bond motifs is 6. The van der Waals surface area contributed by atoms with E-state index in [-0.39, 0.29) is 5.41 Å². The molecule has 0 unspecified atom stereocenters. The Morgan fingerprint density at radius 2 is 0.902 bits per heavy atom. The van der Waals surface area contributed by atoms with Crippen molar-refractivity contribution < 1.29 is 0 Å². The lowest BCUT2D eigenvalue weighted by Crippen LogP contribution is -2.14. The Bertz CT molecular complexity index is 2810. The van der Waals surface area contributed by atoms with Gasteiger partial charge in [-0.15, -0.1) is 0 Å². The molecule has 1 aliphatic carbocycles. The fourth-order valence-electron chi connectivity index (χ4n) is 8.47. The molecular weight excluding hydrogens is 617 g/mol. The van der Waals surface area contributed by atoms with Crippen molar-refractivity contribution in [1.82, 2.24) is 9.97 Å². The van der Waals surface area contributed by atoms with Crippen LogP contribution in [0.25, 0.3) is 88.5 Å². The van der Waals surface area contributed by atoms with Crippen LogP contribution in [0.2, 0.25) is 0 Å². The first kappa shape index (κ1) is 29.5. The summed E-state index contributed by atoms with van der Waals surface area (Å²) in [6, 6.07) is 61.2. The van der Waals surface area contributed by atoms with Gasteiger partial charge in [0, 0.05) is 16.5 Å². The number of rotatable bonds is 4. The Morgan fingerprint density at radius 1 is 0.353 bits per heavy atom. The highest BCUT2D eigenvalue weighted by atomic mass is 14.8. The second kappa shape index (κ2) is 11.3. The zero-order chi connectivity index (χ0) is 34.1. The molecule has 0 aliphatic heterocycles. The number of nitrogens with zero attached hydrogens (tertiary/aromatic N) is 2. The van der Waals surface area contributed by atoms with Crippen molar-refractivity contribution in [3.05, 3.63) is 181 Å². The maximum absolute atomic E-state index is 5.45. The number of para-hydroxylation sites is 2. The molecule has 1 heterocycles. The molecule has 240 valence electrons. The van der Waals surface area contributed by atoms with Gasteiger partial charge in [-0.05, 0) is 84.3 Å². The molecule has 0 fully saturated rings. The lowest BCUT2D eigenvalue weighted by molar-refractivity contribution is 0.660. The Kier molecular flexibility index (Phi) is 6.56. The van der Waals surface area contributed by atoms with Crippen molar-refractivity contribution in [2.24, 2.45) is 0 Å². The van der Waals surface area contributed by atoms with Crippen molar-refractivity contribution in [1.29, 1.82) is 0 Å². The Balaban J connectivity index is 1.39. The minimum atomic E-state index is -0.103. The monoisotopic (exact) mass is 650 g/mol. The molecule has 10 rings (SSSR count). The van der Waals surface area contributed by atoms with Crippen LogP contribution in [0.1, 0.15) is 25.0 Å². The first-order valence-electron chi connectivity index (χ1n) is 17.7. The molecule has 0 bridgehead atoms. The van der Waals surface area contributed by atoms with Crippen molar-refractivity contribution in [2.75, 3.05) is 0 Å². The largest absolute Gasteiger partial charge is 0.244 e. The number of hydrogen-bond donors (Lipinski definition) is 0. The molecule has 0 spiro atoms. The maximum Gasteiger partial charge on any atom is 0.0985 e. The molecule has 9 aromatic rings. The van der Waals surface area contributed by atoms with E-state index in [2.05, 4.69) is 172 Å². The average molecular weight is 651 g/mol. The zero-order valence-electron chi connectivity index (χ0n) is 28.6. The molecule has 0 atom stereocenters. The second-order valence-corrected chi connectivity index (χ2v) is 14.1. The van der Waals surface area contributed by atoms with E-state index < -0.39 is 0 Å². The van der Waals surface area contributed by atoms with Gasteiger partial charge in [0.25, 0.3) is 0 Å². The van der Waals surface area contributed by atoms with E-state index in [1.54, 1.807) is 0 Å². The molecule has 2 nitrogen and oxygen atoms in total. The van der Waals surface area contributed by atoms with E-state index in [1.165, 1.54) is 55.3 Å². The van der Waals surface area contributed by atoms with E-state index in [1.807, 2.05) is 12.1 Å². The SMILES string of the molecule is CC1(C)c2ccccc2-c2c(-c3c4ccccc4c(-c4nc5ccccc5nc4-c4ccccc4)c4ccc(-c5ccccc5)cc34)cccc21. The van der Waals surface area contributed by atoms with Crippen LogP contribution in [0.4, 0.5) is 0 Å². The predicted molar refractivity (Wildman–Crippen MR) is 214 cm³/mol. The fourth-order valence-corrected chi connectivity index (χ4v) is 8.47. The highest BCUT2D eigenvalue weighted by Crippen LogP contribution is 2.55. The van der Waals surface area contributed by atoms with Crippen LogP contribution in [0.15, 0.2) is 170 Å². The average Bonchev–Trinajstić information content (AvgIpc) is 3.43. The molecule has 1 aromatic heterocycles. The molecule has 0 N–H and O–H groups in total. The number of benzene rings is 8. The first-order chi connectivity index (χ1) is 25.1. The van der Waals surface area contributed by atoms with E-state index in [0.29, 0.717) is 0 Å². The highest BCUT2D eigenvalue weighted by molar-refractivity contribution is 6.24. The van der Waals surface area contributed by atoms with Gasteiger partial charge in [-0.3, -0.25) is 0 Å². The molecular formula is C49H34N2. The molecule has 2 heteroatoms. The van der Waals surface area contributed by atoms with Gasteiger partial charge in [-0.1, -0.05) is 166 Å². The summed E-state index contributed by atoms with van der Waals surface area (Å²) in [6.45, 7) is 4.72. The second-order valence-electron chi connectivity index (χ2n) is 14.1. The quantitative estimate of drug-likeness (QED) is 0.177. The first-order valence-corrected chi connectivity index (χ1v) is 17.7. The van der Waals surface area contributed by atoms with Crippen molar-refractivity contribution >= 4 is 32.6 Å². The lowest BCUT2D eigenvalue weighted by Gasteiger charge is -2.23. The summed E-state index contributed by atoms with van der Waals surface area (Å²) in [6.07, 6.45) is 0. The third-order valence-electron chi connectivity index (χ3n) is 10.9. The van der Waals surface area contributed by atoms with Crippen molar-refractivity contribution in [3.8, 4) is 55.9 Å². The summed E-state index contributed by atoms with van der Waals surface area (Å²) >= 11 is 0. The summed E-state index contributed by atoms with van der Waals surface area (Å²) in [5, 5.41) is 4.73. The molecule has 1 aliphatic rings. The minimum absolute atomic E-state index is 0.103. The van der Waals surface area contributed by atoms with Crippen LogP contribution in [0.3, 0.4) is 0 Å². The van der Waals surface area contributed by atoms with Gasteiger partial charge in [-0.25, -0.2) is 9.97 Å². The summed E-state index contributed by atoms with van der Waals surface area (Å²) in [4.78, 5) is 10.8. The van der Waals surface area contributed by atoms with E-state index in [4.69, 9.17) is 9.97 Å². The summed E-state index contributed by atoms with van der Waals surface area (Å²) < 4.78 is 0. The highest BCUT2D eigenvalue weighted by Gasteiger charge is 2.37. The summed E-state index contributed by atoms with van der Waals surface area (Å²) in [5.74, 6) is 0. The van der Waals surface area contributed by atoms with Crippen LogP contribution in [0, 0.1) is 0 Å². The molecule has 51 heavy (non-hydrogen) atoms. The molecule has 0 amide bonds. The van der Waals surface area contributed by atoms with Gasteiger partial charge in [0.05, 0.1) is 22.4 Å². The third kappa shape index (κ3) is 4.50. The van der Waals surface area contributed by atoms with Gasteiger partial charge in [0.2, 0.25) is 0 Å². The van der Waals surface area contributed by atoms with E-state index >= 15 is 0 Å². The standard InChI is InChI=1S/C49H34N2/c1-49(2)40-24-12-11-22-37(40)45-38(23-15-25-41(45)49)44-34-20-9-10-21-35(34)46(36-29-28-33(30-39(36)44)31-16-5-3-6-17-31)48-47(32-18-7-4-8-19-32)50-42-26-13-14-27-43(42)51-48/h3-30H,1-2H3. The number of hydrogen-bond acceptors (Lipinski definition) is 2. The summed E-state index contributed by atoms with van der Waals surface area (Å²) in [7, 11) is 0. The molecule has 0 saturated carbocycles. The van der Waals surface area contributed by atoms with Crippen molar-refractivity contribution in [3.63, 3.8) is 0 Å². The minimum Gasteiger partial charge on any atom is -0.244 e. The van der Waals surface area contributed by atoms with Gasteiger partial charge in [-0.2, -0.15) is 0 Å². The molecule has 8 aromatic carbocycles. The molecule has 0 radical (unpaired) electrons. The van der Waals surface area contributed by atoms with Crippen LogP contribution in [-0.2, 0) is 5.41 Å². The Labute approximate surface area is 297 Å². The molecule has 0 saturated heterocycles. The maximum atomic E-state index is 5.45. The zero-order valence-corrected chi connectivity index (χ0v) is 28.6. The Hall–Kier alpha value is -6.38. The lowest BCUT2D eigenvalue weighted by atomic mass is 9.80. The van der Waals surface area contributed by atoms with Crippen LogP contribution >= 0.6 is 0 Å². The van der Waals surface area contributed by atoms with Crippen LogP contribution in [0.5, 0.6) is 0 Å². The fraction of sp³-hybridized carbons (Fsp3) is 0.0612. The smallest absolute Gasteiger partial charge is 0.0985 e. The Morgan fingerprint density at radius 3 is 1.65 bits per heavy atom.